The zero-order valence-corrected chi connectivity index (χ0v) is 27.6. The average molecular weight is 622 g/mol. The number of fused-ring (bicyclic) bond motifs is 1. The number of hydrogen-bond acceptors (Lipinski definition) is 5. The summed E-state index contributed by atoms with van der Waals surface area (Å²) in [5.41, 5.74) is 1.03. The highest BCUT2D eigenvalue weighted by Gasteiger charge is 2.77. The fourth-order valence-electron chi connectivity index (χ4n) is 8.75. The Labute approximate surface area is 268 Å². The number of likely N-dealkylation sites (tertiary alicyclic amines) is 1. The summed E-state index contributed by atoms with van der Waals surface area (Å²) in [7, 11) is 0. The molecule has 240 valence electrons. The largest absolute Gasteiger partial charge is 0.394 e. The van der Waals surface area contributed by atoms with E-state index in [-0.39, 0.29) is 47.5 Å². The van der Waals surface area contributed by atoms with E-state index in [1.807, 2.05) is 40.1 Å². The zero-order chi connectivity index (χ0) is 31.6. The van der Waals surface area contributed by atoms with Crippen molar-refractivity contribution < 1.29 is 19.5 Å². The van der Waals surface area contributed by atoms with E-state index in [4.69, 9.17) is 0 Å². The van der Waals surface area contributed by atoms with Crippen LogP contribution in [0.4, 0.5) is 0 Å². The SMILES string of the molecule is C=CCN(Cc1ccccc1)C(=O)[C@@H]1[C@@H]2CC(C)C3(S2)C(C(=O)N(CC=C)C2CCCCC2)N([C@@H](CO)CC(C)C)C(=O)[C@H]13. The first-order valence-corrected chi connectivity index (χ1v) is 17.5. The van der Waals surface area contributed by atoms with E-state index in [0.717, 1.165) is 37.7 Å². The number of nitrogens with zero attached hydrogens (tertiary/aromatic N) is 3. The minimum absolute atomic E-state index is 0.0322. The number of aliphatic hydroxyl groups excluding tert-OH is 1. The van der Waals surface area contributed by atoms with Crippen molar-refractivity contribution in [1.82, 2.24) is 14.7 Å². The molecule has 3 aliphatic heterocycles. The van der Waals surface area contributed by atoms with E-state index in [1.54, 1.807) is 28.8 Å². The van der Waals surface area contributed by atoms with E-state index < -0.39 is 28.7 Å². The maximum Gasteiger partial charge on any atom is 0.247 e. The third-order valence-corrected chi connectivity index (χ3v) is 12.6. The predicted octanol–water partition coefficient (Wildman–Crippen LogP) is 5.29. The molecule has 5 rings (SSSR count). The van der Waals surface area contributed by atoms with Crippen LogP contribution in [0.15, 0.2) is 55.6 Å². The standard InChI is InChI=1S/C36H51N3O4S/c1-6-18-37(22-26-14-10-8-11-15-26)33(41)30-29-21-25(5)36(44-29)31(30)34(42)39(28(23-40)20-24(3)4)32(36)35(43)38(19-7-2)27-16-12-9-13-17-27/h6-8,10-11,14-15,24-25,27-32,40H,1-2,9,12-13,16-23H2,3-5H3/t25?,28-,29+,30-,31+,32?,36?/m1/s1. The first kappa shape index (κ1) is 32.8. The molecule has 1 aromatic carbocycles. The van der Waals surface area contributed by atoms with E-state index in [0.29, 0.717) is 26.1 Å². The van der Waals surface area contributed by atoms with Crippen LogP contribution in [-0.4, -0.2) is 85.3 Å². The van der Waals surface area contributed by atoms with Crippen LogP contribution < -0.4 is 0 Å². The fraction of sp³-hybridized carbons (Fsp3) is 0.639. The van der Waals surface area contributed by atoms with Crippen LogP contribution in [0.5, 0.6) is 0 Å². The molecule has 1 saturated carbocycles. The van der Waals surface area contributed by atoms with Gasteiger partial charge in [-0.2, -0.15) is 0 Å². The Bertz CT molecular complexity index is 1220. The lowest BCUT2D eigenvalue weighted by molar-refractivity contribution is -0.148. The van der Waals surface area contributed by atoms with Gasteiger partial charge in [-0.1, -0.05) is 82.5 Å². The summed E-state index contributed by atoms with van der Waals surface area (Å²) in [5.74, 6) is -1.03. The van der Waals surface area contributed by atoms with Crippen molar-refractivity contribution in [3.05, 3.63) is 61.2 Å². The van der Waals surface area contributed by atoms with Crippen LogP contribution in [0.3, 0.4) is 0 Å². The summed E-state index contributed by atoms with van der Waals surface area (Å²) in [4.78, 5) is 49.9. The van der Waals surface area contributed by atoms with Crippen LogP contribution in [0.2, 0.25) is 0 Å². The van der Waals surface area contributed by atoms with Gasteiger partial charge >= 0.3 is 0 Å². The normalized spacial score (nSPS) is 30.3. The molecule has 3 heterocycles. The summed E-state index contributed by atoms with van der Waals surface area (Å²) in [5, 5.41) is 10.7. The summed E-state index contributed by atoms with van der Waals surface area (Å²) >= 11 is 1.72. The average Bonchev–Trinajstić information content (AvgIpc) is 3.62. The van der Waals surface area contributed by atoms with E-state index >= 15 is 4.79 Å². The Hall–Kier alpha value is -2.58. The summed E-state index contributed by atoms with van der Waals surface area (Å²) in [6.07, 6.45) is 10.2. The Balaban J connectivity index is 1.57. The molecule has 44 heavy (non-hydrogen) atoms. The zero-order valence-electron chi connectivity index (χ0n) is 26.8. The highest BCUT2D eigenvalue weighted by molar-refractivity contribution is 8.02. The molecule has 0 radical (unpaired) electrons. The Morgan fingerprint density at radius 3 is 2.39 bits per heavy atom. The van der Waals surface area contributed by atoms with Crippen LogP contribution in [-0.2, 0) is 20.9 Å². The Morgan fingerprint density at radius 2 is 1.77 bits per heavy atom. The first-order valence-electron chi connectivity index (χ1n) is 16.6. The molecular weight excluding hydrogens is 570 g/mol. The molecular formula is C36H51N3O4S. The van der Waals surface area contributed by atoms with Gasteiger partial charge < -0.3 is 19.8 Å². The molecule has 4 fully saturated rings. The third-order valence-electron chi connectivity index (χ3n) is 10.6. The maximum atomic E-state index is 15.0. The van der Waals surface area contributed by atoms with Gasteiger partial charge in [0.15, 0.2) is 0 Å². The van der Waals surface area contributed by atoms with E-state index in [2.05, 4.69) is 33.9 Å². The summed E-state index contributed by atoms with van der Waals surface area (Å²) in [6, 6.07) is 8.83. The number of rotatable bonds is 13. The second kappa shape index (κ2) is 13.8. The van der Waals surface area contributed by atoms with Gasteiger partial charge in [-0.25, -0.2) is 0 Å². The highest BCUT2D eigenvalue weighted by Crippen LogP contribution is 2.69. The van der Waals surface area contributed by atoms with Crippen molar-refractivity contribution in [2.75, 3.05) is 19.7 Å². The molecule has 1 N–H and O–H groups in total. The van der Waals surface area contributed by atoms with Gasteiger partial charge in [-0.3, -0.25) is 14.4 Å². The van der Waals surface area contributed by atoms with Crippen molar-refractivity contribution >= 4 is 29.5 Å². The number of thioether (sulfide) groups is 1. The van der Waals surface area contributed by atoms with Crippen molar-refractivity contribution in [3.63, 3.8) is 0 Å². The molecule has 1 spiro atoms. The van der Waals surface area contributed by atoms with Crippen molar-refractivity contribution in [2.24, 2.45) is 23.7 Å². The molecule has 4 aliphatic rings. The lowest BCUT2D eigenvalue weighted by atomic mass is 9.65. The number of carbonyl (C=O) groups is 3. The van der Waals surface area contributed by atoms with Gasteiger partial charge in [0.25, 0.3) is 0 Å². The summed E-state index contributed by atoms with van der Waals surface area (Å²) in [6.45, 7) is 15.3. The molecule has 8 heteroatoms. The molecule has 7 nitrogen and oxygen atoms in total. The second-order valence-corrected chi connectivity index (χ2v) is 15.4. The molecule has 3 unspecified atom stereocenters. The number of benzene rings is 1. The topological polar surface area (TPSA) is 81.2 Å². The van der Waals surface area contributed by atoms with Gasteiger partial charge in [-0.05, 0) is 43.1 Å². The van der Waals surface area contributed by atoms with Crippen LogP contribution >= 0.6 is 11.8 Å². The Morgan fingerprint density at radius 1 is 1.09 bits per heavy atom. The molecule has 3 saturated heterocycles. The molecule has 3 amide bonds. The number of hydrogen-bond donors (Lipinski definition) is 1. The number of carbonyl (C=O) groups excluding carboxylic acids is 3. The minimum atomic E-state index is -0.720. The lowest BCUT2D eigenvalue weighted by Gasteiger charge is -2.44. The van der Waals surface area contributed by atoms with Gasteiger partial charge in [0.05, 0.1) is 29.2 Å². The fourth-order valence-corrected chi connectivity index (χ4v) is 11.1. The molecule has 1 aliphatic carbocycles. The van der Waals surface area contributed by atoms with Gasteiger partial charge in [0, 0.05) is 30.9 Å². The second-order valence-electron chi connectivity index (χ2n) is 13.8. The van der Waals surface area contributed by atoms with Crippen molar-refractivity contribution in [2.45, 2.75) is 100 Å². The minimum Gasteiger partial charge on any atom is -0.394 e. The smallest absolute Gasteiger partial charge is 0.247 e. The van der Waals surface area contributed by atoms with Crippen LogP contribution in [0.25, 0.3) is 0 Å². The molecule has 2 bridgehead atoms. The molecule has 7 atom stereocenters. The molecule has 1 aromatic rings. The van der Waals surface area contributed by atoms with E-state index in [9.17, 15) is 14.7 Å². The van der Waals surface area contributed by atoms with Gasteiger partial charge in [0.2, 0.25) is 17.7 Å². The number of amides is 3. The first-order chi connectivity index (χ1) is 21.2. The highest BCUT2D eigenvalue weighted by atomic mass is 32.2. The predicted molar refractivity (Wildman–Crippen MR) is 177 cm³/mol. The van der Waals surface area contributed by atoms with Gasteiger partial charge in [0.1, 0.15) is 6.04 Å². The number of aliphatic hydroxyl groups is 1. The molecule has 0 aromatic heterocycles. The van der Waals surface area contributed by atoms with Crippen molar-refractivity contribution in [3.8, 4) is 0 Å². The maximum absolute atomic E-state index is 15.0. The van der Waals surface area contributed by atoms with Crippen LogP contribution in [0, 0.1) is 23.7 Å². The quantitative estimate of drug-likeness (QED) is 0.303. The summed E-state index contributed by atoms with van der Waals surface area (Å²) < 4.78 is -0.718. The van der Waals surface area contributed by atoms with Crippen LogP contribution in [0.1, 0.15) is 71.3 Å². The third kappa shape index (κ3) is 5.77. The van der Waals surface area contributed by atoms with E-state index in [1.165, 1.54) is 6.42 Å². The monoisotopic (exact) mass is 621 g/mol. The Kier molecular flexibility index (Phi) is 10.3. The van der Waals surface area contributed by atoms with Gasteiger partial charge in [-0.15, -0.1) is 24.9 Å². The van der Waals surface area contributed by atoms with Crippen molar-refractivity contribution in [1.29, 1.82) is 0 Å². The lowest BCUT2D eigenvalue weighted by Crippen LogP contribution is -2.61.